The standard InChI is InChI=1S/C20H34N6O3/c1-20(2,3)17(19(29)25-11-14(27)10-16(25)18(28)21-4)26-12-15(22-23-26)13-6-8-24(5)9-7-13/h12-14,16-17,27H,6-11H2,1-5H3,(H,21,28)/t14?,16-,17?/m1/s1. The van der Waals surface area contributed by atoms with Crippen molar-refractivity contribution in [3.8, 4) is 0 Å². The number of aliphatic hydroxyl groups is 1. The van der Waals surface area contributed by atoms with Gasteiger partial charge in [-0.1, -0.05) is 26.0 Å². The molecule has 9 heteroatoms. The first-order chi connectivity index (χ1) is 13.6. The SMILES string of the molecule is CNC(=O)[C@H]1CC(O)CN1C(=O)C(n1cc(C2CCN(C)CC2)nn1)C(C)(C)C. The molecule has 0 spiro atoms. The van der Waals surface area contributed by atoms with Crippen molar-refractivity contribution in [3.63, 3.8) is 0 Å². The number of likely N-dealkylation sites (N-methyl/N-ethyl adjacent to an activating group) is 1. The molecule has 0 saturated carbocycles. The average Bonchev–Trinajstić information content (AvgIpc) is 3.27. The summed E-state index contributed by atoms with van der Waals surface area (Å²) in [5, 5.41) is 21.4. The molecule has 3 atom stereocenters. The highest BCUT2D eigenvalue weighted by atomic mass is 16.3. The molecule has 3 heterocycles. The van der Waals surface area contributed by atoms with E-state index in [1.807, 2.05) is 27.0 Å². The number of nitrogens with one attached hydrogen (secondary N) is 1. The molecule has 2 unspecified atom stereocenters. The summed E-state index contributed by atoms with van der Waals surface area (Å²) in [7, 11) is 3.66. The molecule has 29 heavy (non-hydrogen) atoms. The van der Waals surface area contributed by atoms with Crippen LogP contribution in [0.3, 0.4) is 0 Å². The van der Waals surface area contributed by atoms with Crippen LogP contribution >= 0.6 is 0 Å². The van der Waals surface area contributed by atoms with Crippen molar-refractivity contribution in [2.24, 2.45) is 5.41 Å². The van der Waals surface area contributed by atoms with E-state index in [-0.39, 0.29) is 24.8 Å². The van der Waals surface area contributed by atoms with E-state index in [9.17, 15) is 14.7 Å². The molecule has 1 aromatic heterocycles. The maximum Gasteiger partial charge on any atom is 0.248 e. The molecule has 162 valence electrons. The summed E-state index contributed by atoms with van der Waals surface area (Å²) in [6, 6.07) is -1.27. The van der Waals surface area contributed by atoms with Gasteiger partial charge in [0.05, 0.1) is 11.8 Å². The summed E-state index contributed by atoms with van der Waals surface area (Å²) in [5.41, 5.74) is 0.486. The molecule has 0 radical (unpaired) electrons. The van der Waals surface area contributed by atoms with E-state index in [4.69, 9.17) is 0 Å². The zero-order chi connectivity index (χ0) is 21.3. The zero-order valence-electron chi connectivity index (χ0n) is 18.1. The van der Waals surface area contributed by atoms with Gasteiger partial charge in [0.1, 0.15) is 12.1 Å². The highest BCUT2D eigenvalue weighted by molar-refractivity contribution is 5.90. The first kappa shape index (κ1) is 21.7. The van der Waals surface area contributed by atoms with Crippen LogP contribution in [0.25, 0.3) is 0 Å². The Kier molecular flexibility index (Phi) is 6.28. The van der Waals surface area contributed by atoms with E-state index in [0.717, 1.165) is 31.6 Å². The van der Waals surface area contributed by atoms with E-state index >= 15 is 0 Å². The lowest BCUT2D eigenvalue weighted by molar-refractivity contribution is -0.144. The predicted octanol–water partition coefficient (Wildman–Crippen LogP) is 0.382. The van der Waals surface area contributed by atoms with Crippen molar-refractivity contribution < 1.29 is 14.7 Å². The van der Waals surface area contributed by atoms with Crippen molar-refractivity contribution >= 4 is 11.8 Å². The van der Waals surface area contributed by atoms with E-state index in [0.29, 0.717) is 5.92 Å². The molecule has 0 aromatic carbocycles. The summed E-state index contributed by atoms with van der Waals surface area (Å²) in [5.74, 6) is -0.112. The van der Waals surface area contributed by atoms with Crippen LogP contribution in [-0.4, -0.2) is 87.6 Å². The minimum atomic E-state index is -0.701. The molecule has 9 nitrogen and oxygen atoms in total. The maximum absolute atomic E-state index is 13.5. The average molecular weight is 407 g/mol. The van der Waals surface area contributed by atoms with E-state index in [2.05, 4.69) is 27.6 Å². The Morgan fingerprint density at radius 1 is 1.28 bits per heavy atom. The van der Waals surface area contributed by atoms with E-state index in [1.54, 1.807) is 11.7 Å². The number of nitrogens with zero attached hydrogens (tertiary/aromatic N) is 5. The fraction of sp³-hybridized carbons (Fsp3) is 0.800. The Hall–Kier alpha value is -2.00. The van der Waals surface area contributed by atoms with Gasteiger partial charge in [0.25, 0.3) is 0 Å². The number of aliphatic hydroxyl groups excluding tert-OH is 1. The first-order valence-corrected chi connectivity index (χ1v) is 10.4. The normalized spacial score (nSPS) is 25.2. The lowest BCUT2D eigenvalue weighted by Gasteiger charge is -2.34. The number of likely N-dealkylation sites (tertiary alicyclic amines) is 2. The summed E-state index contributed by atoms with van der Waals surface area (Å²) in [6.45, 7) is 8.15. The van der Waals surface area contributed by atoms with Crippen LogP contribution in [0.2, 0.25) is 0 Å². The second kappa shape index (κ2) is 8.39. The third-order valence-corrected chi connectivity index (χ3v) is 6.09. The topological polar surface area (TPSA) is 104 Å². The van der Waals surface area contributed by atoms with Gasteiger partial charge in [0, 0.05) is 32.1 Å². The fourth-order valence-corrected chi connectivity index (χ4v) is 4.42. The van der Waals surface area contributed by atoms with Gasteiger partial charge in [0.15, 0.2) is 0 Å². The number of carbonyl (C=O) groups is 2. The fourth-order valence-electron chi connectivity index (χ4n) is 4.42. The van der Waals surface area contributed by atoms with E-state index in [1.165, 1.54) is 4.90 Å². The second-order valence-electron chi connectivity index (χ2n) is 9.48. The van der Waals surface area contributed by atoms with Gasteiger partial charge in [-0.3, -0.25) is 9.59 Å². The van der Waals surface area contributed by atoms with Crippen LogP contribution in [0, 0.1) is 5.41 Å². The summed E-state index contributed by atoms with van der Waals surface area (Å²) >= 11 is 0. The molecule has 2 aliphatic heterocycles. The van der Waals surface area contributed by atoms with Crippen molar-refractivity contribution in [1.29, 1.82) is 0 Å². The Bertz CT molecular complexity index is 735. The van der Waals surface area contributed by atoms with Gasteiger partial charge in [0.2, 0.25) is 11.8 Å². The molecule has 0 aliphatic carbocycles. The molecule has 2 amide bonds. The predicted molar refractivity (Wildman–Crippen MR) is 108 cm³/mol. The summed E-state index contributed by atoms with van der Waals surface area (Å²) in [6.07, 6.45) is 3.50. The molecular formula is C20H34N6O3. The summed E-state index contributed by atoms with van der Waals surface area (Å²) < 4.78 is 1.65. The lowest BCUT2D eigenvalue weighted by atomic mass is 9.85. The maximum atomic E-state index is 13.5. The molecule has 2 N–H and O–H groups in total. The molecule has 1 aromatic rings. The quantitative estimate of drug-likeness (QED) is 0.749. The number of hydrogen-bond acceptors (Lipinski definition) is 6. The molecule has 2 aliphatic rings. The van der Waals surface area contributed by atoms with Gasteiger partial charge in [-0.25, -0.2) is 4.68 Å². The van der Waals surface area contributed by atoms with Crippen LogP contribution in [0.1, 0.15) is 57.7 Å². The van der Waals surface area contributed by atoms with Gasteiger partial charge < -0.3 is 20.2 Å². The number of rotatable bonds is 4. The molecule has 3 rings (SSSR count). The van der Waals surface area contributed by atoms with Crippen molar-refractivity contribution in [3.05, 3.63) is 11.9 Å². The van der Waals surface area contributed by atoms with Crippen molar-refractivity contribution in [1.82, 2.24) is 30.1 Å². The van der Waals surface area contributed by atoms with Crippen molar-refractivity contribution in [2.75, 3.05) is 33.7 Å². The number of amides is 2. The highest BCUT2D eigenvalue weighted by Gasteiger charge is 2.45. The van der Waals surface area contributed by atoms with Crippen LogP contribution < -0.4 is 5.32 Å². The van der Waals surface area contributed by atoms with Gasteiger partial charge in [-0.05, 0) is 38.4 Å². The van der Waals surface area contributed by atoms with Gasteiger partial charge in [-0.15, -0.1) is 5.10 Å². The molecule has 2 saturated heterocycles. The molecule has 0 bridgehead atoms. The lowest BCUT2D eigenvalue weighted by Crippen LogP contribution is -2.49. The number of hydrogen-bond donors (Lipinski definition) is 2. The second-order valence-corrected chi connectivity index (χ2v) is 9.48. The van der Waals surface area contributed by atoms with Crippen LogP contribution in [0.5, 0.6) is 0 Å². The van der Waals surface area contributed by atoms with Gasteiger partial charge in [-0.2, -0.15) is 0 Å². The Balaban J connectivity index is 1.85. The van der Waals surface area contributed by atoms with Gasteiger partial charge >= 0.3 is 0 Å². The first-order valence-electron chi connectivity index (χ1n) is 10.4. The minimum Gasteiger partial charge on any atom is -0.391 e. The monoisotopic (exact) mass is 406 g/mol. The number of β-amino-alcohol motifs (C(OH)–C–C–N with tert-alkyl or cyclic N) is 1. The Labute approximate surface area is 172 Å². The van der Waals surface area contributed by atoms with Crippen LogP contribution in [0.4, 0.5) is 0 Å². The summed E-state index contributed by atoms with van der Waals surface area (Å²) in [4.78, 5) is 29.6. The largest absolute Gasteiger partial charge is 0.391 e. The smallest absolute Gasteiger partial charge is 0.248 e. The molecular weight excluding hydrogens is 372 g/mol. The Morgan fingerprint density at radius 3 is 2.52 bits per heavy atom. The minimum absolute atomic E-state index is 0.153. The van der Waals surface area contributed by atoms with Crippen LogP contribution in [0.15, 0.2) is 6.20 Å². The Morgan fingerprint density at radius 2 is 1.93 bits per heavy atom. The van der Waals surface area contributed by atoms with Crippen molar-refractivity contribution in [2.45, 2.75) is 64.1 Å². The zero-order valence-corrected chi connectivity index (χ0v) is 18.1. The third kappa shape index (κ3) is 4.61. The third-order valence-electron chi connectivity index (χ3n) is 6.09. The van der Waals surface area contributed by atoms with E-state index < -0.39 is 23.6 Å². The van der Waals surface area contributed by atoms with Crippen LogP contribution in [-0.2, 0) is 9.59 Å². The highest BCUT2D eigenvalue weighted by Crippen LogP contribution is 2.35. The number of aromatic nitrogens is 3. The number of piperidine rings is 1. The number of carbonyl (C=O) groups excluding carboxylic acids is 2. The molecule has 2 fully saturated rings.